The van der Waals surface area contributed by atoms with Gasteiger partial charge in [0, 0.05) is 5.92 Å². The molecule has 2 aliphatic rings. The fourth-order valence-electron chi connectivity index (χ4n) is 4.53. The molecule has 4 atom stereocenters. The van der Waals surface area contributed by atoms with Gasteiger partial charge in [0.2, 0.25) is 0 Å². The van der Waals surface area contributed by atoms with Gasteiger partial charge in [-0.2, -0.15) is 0 Å². The Labute approximate surface area is 180 Å². The van der Waals surface area contributed by atoms with Crippen molar-refractivity contribution in [1.82, 2.24) is 5.32 Å². The van der Waals surface area contributed by atoms with Crippen molar-refractivity contribution in [3.63, 3.8) is 0 Å². The van der Waals surface area contributed by atoms with Crippen molar-refractivity contribution in [3.8, 4) is 0 Å². The molecule has 0 radical (unpaired) electrons. The molecule has 4 unspecified atom stereocenters. The molecule has 1 aliphatic carbocycles. The van der Waals surface area contributed by atoms with E-state index in [1.165, 1.54) is 24.8 Å². The van der Waals surface area contributed by atoms with Crippen LogP contribution in [0.15, 0.2) is 30.3 Å². The highest BCUT2D eigenvalue weighted by Crippen LogP contribution is 2.41. The van der Waals surface area contributed by atoms with Crippen LogP contribution in [0.25, 0.3) is 0 Å². The molecule has 2 fully saturated rings. The van der Waals surface area contributed by atoms with Crippen LogP contribution in [0.5, 0.6) is 0 Å². The number of carbonyl (C=O) groups excluding carboxylic acids is 2. The Morgan fingerprint density at radius 2 is 1.83 bits per heavy atom. The van der Waals surface area contributed by atoms with Gasteiger partial charge in [0.1, 0.15) is 17.7 Å². The zero-order chi connectivity index (χ0) is 21.7. The third-order valence-corrected chi connectivity index (χ3v) is 6.20. The predicted molar refractivity (Wildman–Crippen MR) is 117 cm³/mol. The second-order valence-corrected chi connectivity index (χ2v) is 10.1. The smallest absolute Gasteiger partial charge is 0.408 e. The molecule has 166 valence electrons. The summed E-state index contributed by atoms with van der Waals surface area (Å²) in [7, 11) is 0. The van der Waals surface area contributed by atoms with Crippen LogP contribution in [0.4, 0.5) is 4.79 Å². The van der Waals surface area contributed by atoms with Crippen molar-refractivity contribution in [2.45, 2.75) is 90.4 Å². The third kappa shape index (κ3) is 7.03. The molecule has 1 saturated carbocycles. The normalized spacial score (nSPS) is 27.9. The Bertz CT molecular complexity index is 708. The topological polar surface area (TPSA) is 64.6 Å². The number of cyclic esters (lactones) is 1. The van der Waals surface area contributed by atoms with Gasteiger partial charge in [-0.25, -0.2) is 9.59 Å². The molecule has 5 heteroatoms. The Morgan fingerprint density at radius 1 is 1.13 bits per heavy atom. The zero-order valence-electron chi connectivity index (χ0n) is 18.9. The van der Waals surface area contributed by atoms with E-state index >= 15 is 0 Å². The van der Waals surface area contributed by atoms with Crippen LogP contribution in [0.1, 0.15) is 71.8 Å². The highest BCUT2D eigenvalue weighted by molar-refractivity contribution is 5.81. The number of ether oxygens (including phenoxy) is 2. The molecule has 0 bridgehead atoms. The summed E-state index contributed by atoms with van der Waals surface area (Å²) in [5, 5.41) is 2.74. The van der Waals surface area contributed by atoms with Crippen molar-refractivity contribution in [1.29, 1.82) is 0 Å². The van der Waals surface area contributed by atoms with E-state index in [-0.39, 0.29) is 18.0 Å². The first-order chi connectivity index (χ1) is 14.2. The van der Waals surface area contributed by atoms with Gasteiger partial charge >= 0.3 is 12.1 Å². The second-order valence-electron chi connectivity index (χ2n) is 10.1. The first kappa shape index (κ1) is 22.6. The lowest BCUT2D eigenvalue weighted by molar-refractivity contribution is -0.154. The van der Waals surface area contributed by atoms with Crippen LogP contribution < -0.4 is 5.32 Å². The van der Waals surface area contributed by atoms with E-state index in [1.54, 1.807) is 0 Å². The number of carbonyl (C=O) groups is 2. The third-order valence-electron chi connectivity index (χ3n) is 6.20. The van der Waals surface area contributed by atoms with Gasteiger partial charge in [0.15, 0.2) is 0 Å². The summed E-state index contributed by atoms with van der Waals surface area (Å²) in [5.41, 5.74) is 0.685. The molecule has 1 aromatic rings. The lowest BCUT2D eigenvalue weighted by Crippen LogP contribution is -2.45. The minimum absolute atomic E-state index is 0.192. The summed E-state index contributed by atoms with van der Waals surface area (Å²) >= 11 is 0. The first-order valence-electron chi connectivity index (χ1n) is 11.4. The van der Waals surface area contributed by atoms with Crippen LogP contribution >= 0.6 is 0 Å². The van der Waals surface area contributed by atoms with Gasteiger partial charge in [-0.1, -0.05) is 49.6 Å². The molecule has 1 amide bonds. The summed E-state index contributed by atoms with van der Waals surface area (Å²) in [5.74, 6) is 1.30. The molecule has 1 saturated heterocycles. The van der Waals surface area contributed by atoms with Crippen LogP contribution in [0.2, 0.25) is 0 Å². The average Bonchev–Trinajstić information content (AvgIpc) is 3.47. The Hall–Kier alpha value is -2.04. The maximum absolute atomic E-state index is 12.9. The van der Waals surface area contributed by atoms with Gasteiger partial charge in [0.05, 0.1) is 0 Å². The number of hydrogen-bond acceptors (Lipinski definition) is 4. The average molecular weight is 416 g/mol. The van der Waals surface area contributed by atoms with E-state index in [9.17, 15) is 9.59 Å². The first-order valence-corrected chi connectivity index (χ1v) is 11.4. The molecule has 0 aromatic heterocycles. The SMILES string of the molecule is CC1OC(=O)C(NC(=O)OC(C)(C)C)CCCC(CC2CC2)C1Cc1ccccc1. The largest absolute Gasteiger partial charge is 0.461 e. The van der Waals surface area contributed by atoms with Crippen molar-refractivity contribution in [2.24, 2.45) is 17.8 Å². The fourth-order valence-corrected chi connectivity index (χ4v) is 4.53. The number of alkyl carbamates (subject to hydrolysis) is 1. The Balaban J connectivity index is 1.71. The van der Waals surface area contributed by atoms with E-state index in [4.69, 9.17) is 9.47 Å². The van der Waals surface area contributed by atoms with Gasteiger partial charge in [-0.3, -0.25) is 0 Å². The monoisotopic (exact) mass is 415 g/mol. The maximum atomic E-state index is 12.9. The van der Waals surface area contributed by atoms with E-state index in [2.05, 4.69) is 29.6 Å². The molecule has 5 nitrogen and oxygen atoms in total. The summed E-state index contributed by atoms with van der Waals surface area (Å²) in [6, 6.07) is 9.82. The minimum atomic E-state index is -0.653. The zero-order valence-corrected chi connectivity index (χ0v) is 18.9. The molecule has 1 heterocycles. The molecule has 30 heavy (non-hydrogen) atoms. The lowest BCUT2D eigenvalue weighted by Gasteiger charge is -2.31. The lowest BCUT2D eigenvalue weighted by atomic mass is 9.77. The van der Waals surface area contributed by atoms with E-state index < -0.39 is 17.7 Å². The second kappa shape index (κ2) is 9.84. The van der Waals surface area contributed by atoms with Gasteiger partial charge in [0.25, 0.3) is 0 Å². The van der Waals surface area contributed by atoms with Crippen LogP contribution in [0.3, 0.4) is 0 Å². The van der Waals surface area contributed by atoms with Crippen molar-refractivity contribution in [2.75, 3.05) is 0 Å². The summed E-state index contributed by atoms with van der Waals surface area (Å²) < 4.78 is 11.3. The highest BCUT2D eigenvalue weighted by Gasteiger charge is 2.37. The standard InChI is InChI=1S/C25H37NO4/c1-17-21(16-18-9-6-5-7-10-18)20(15-19-13-14-19)11-8-12-22(23(27)29-17)26-24(28)30-25(2,3)4/h5-7,9-10,17,19-22H,8,11-16H2,1-4H3,(H,26,28). The summed E-state index contributed by atoms with van der Waals surface area (Å²) in [6.45, 7) is 7.45. The number of benzene rings is 1. The highest BCUT2D eigenvalue weighted by atomic mass is 16.6. The van der Waals surface area contributed by atoms with Crippen LogP contribution in [-0.2, 0) is 20.7 Å². The van der Waals surface area contributed by atoms with Gasteiger partial charge in [-0.15, -0.1) is 0 Å². The van der Waals surface area contributed by atoms with Crippen LogP contribution in [-0.4, -0.2) is 29.8 Å². The molecular weight excluding hydrogens is 378 g/mol. The number of nitrogens with one attached hydrogen (secondary N) is 1. The quantitative estimate of drug-likeness (QED) is 0.665. The van der Waals surface area contributed by atoms with E-state index in [0.29, 0.717) is 12.3 Å². The molecular formula is C25H37NO4. The number of rotatable bonds is 5. The van der Waals surface area contributed by atoms with Gasteiger partial charge < -0.3 is 14.8 Å². The van der Waals surface area contributed by atoms with Crippen molar-refractivity contribution in [3.05, 3.63) is 35.9 Å². The van der Waals surface area contributed by atoms with E-state index in [1.807, 2.05) is 33.8 Å². The molecule has 0 spiro atoms. The van der Waals surface area contributed by atoms with Gasteiger partial charge in [-0.05, 0) is 70.8 Å². The fraction of sp³-hybridized carbons (Fsp3) is 0.680. The number of amides is 1. The number of hydrogen-bond donors (Lipinski definition) is 1. The minimum Gasteiger partial charge on any atom is -0.461 e. The Morgan fingerprint density at radius 3 is 2.47 bits per heavy atom. The van der Waals surface area contributed by atoms with Crippen LogP contribution in [0, 0.1) is 17.8 Å². The van der Waals surface area contributed by atoms with Crippen molar-refractivity contribution >= 4 is 12.1 Å². The van der Waals surface area contributed by atoms with Crippen molar-refractivity contribution < 1.29 is 19.1 Å². The molecule has 3 rings (SSSR count). The Kier molecular flexibility index (Phi) is 7.43. The molecule has 1 aromatic carbocycles. The van der Waals surface area contributed by atoms with E-state index in [0.717, 1.165) is 25.2 Å². The number of esters is 1. The molecule has 1 N–H and O–H groups in total. The summed E-state index contributed by atoms with van der Waals surface area (Å²) in [4.78, 5) is 25.1. The molecule has 1 aliphatic heterocycles. The predicted octanol–water partition coefficient (Wildman–Crippen LogP) is 5.27. The summed E-state index contributed by atoms with van der Waals surface area (Å²) in [6.07, 6.45) is 6.56. The maximum Gasteiger partial charge on any atom is 0.408 e.